The van der Waals surface area contributed by atoms with E-state index in [4.69, 9.17) is 4.74 Å². The van der Waals surface area contributed by atoms with E-state index in [1.165, 1.54) is 24.3 Å². The zero-order valence-electron chi connectivity index (χ0n) is 13.1. The van der Waals surface area contributed by atoms with Crippen molar-refractivity contribution >= 4 is 23.6 Å². The topological polar surface area (TPSA) is 46.6 Å². The molecule has 0 spiro atoms. The summed E-state index contributed by atoms with van der Waals surface area (Å²) in [5.41, 5.74) is -4.04. The maximum Gasteiger partial charge on any atom is 0.446 e. The van der Waals surface area contributed by atoms with Gasteiger partial charge in [-0.05, 0) is 55.8 Å². The number of ether oxygens (including phenoxy) is 1. The smallest absolute Gasteiger partial charge is 0.446 e. The largest absolute Gasteiger partial charge is 0.466 e. The maximum atomic E-state index is 12.5. The van der Waals surface area contributed by atoms with Crippen LogP contribution in [0.25, 0.3) is 0 Å². The number of thioether (sulfide) groups is 1. The molecule has 1 heterocycles. The van der Waals surface area contributed by atoms with Crippen LogP contribution in [0.3, 0.4) is 0 Å². The summed E-state index contributed by atoms with van der Waals surface area (Å²) in [7, 11) is 0. The highest BCUT2D eigenvalue weighted by molar-refractivity contribution is 8.00. The number of nitrogens with zero attached hydrogens (tertiary/aromatic N) is 1. The van der Waals surface area contributed by atoms with E-state index in [1.54, 1.807) is 11.8 Å². The van der Waals surface area contributed by atoms with Crippen molar-refractivity contribution in [1.29, 1.82) is 0 Å². The molecule has 1 atom stereocenters. The van der Waals surface area contributed by atoms with E-state index in [2.05, 4.69) is 0 Å². The van der Waals surface area contributed by atoms with Gasteiger partial charge in [0.2, 0.25) is 0 Å². The van der Waals surface area contributed by atoms with Gasteiger partial charge in [-0.15, -0.1) is 0 Å². The lowest BCUT2D eigenvalue weighted by molar-refractivity contribution is -0.149. The second kappa shape index (κ2) is 7.92. The van der Waals surface area contributed by atoms with Crippen LogP contribution in [0.5, 0.6) is 0 Å². The Morgan fingerprint density at radius 3 is 2.54 bits per heavy atom. The molecule has 0 radical (unpaired) electrons. The maximum absolute atomic E-state index is 12.5. The minimum absolute atomic E-state index is 0.0297. The summed E-state index contributed by atoms with van der Waals surface area (Å²) in [4.78, 5) is 25.9. The first-order valence-electron chi connectivity index (χ1n) is 7.62. The molecule has 0 aromatic heterocycles. The van der Waals surface area contributed by atoms with Crippen LogP contribution in [0.1, 0.15) is 30.1 Å². The van der Waals surface area contributed by atoms with Crippen molar-refractivity contribution in [3.8, 4) is 0 Å². The summed E-state index contributed by atoms with van der Waals surface area (Å²) in [6, 6.07) is 5.31. The Morgan fingerprint density at radius 2 is 1.96 bits per heavy atom. The Kier molecular flexibility index (Phi) is 6.15. The lowest BCUT2D eigenvalue weighted by Gasteiger charge is -2.31. The predicted octanol–water partition coefficient (Wildman–Crippen LogP) is 3.71. The Balaban J connectivity index is 2.01. The Morgan fingerprint density at radius 1 is 1.29 bits per heavy atom. The molecule has 2 rings (SSSR count). The summed E-state index contributed by atoms with van der Waals surface area (Å²) >= 11 is -0.220. The van der Waals surface area contributed by atoms with Gasteiger partial charge >= 0.3 is 11.5 Å². The van der Waals surface area contributed by atoms with E-state index in [-0.39, 0.29) is 41.0 Å². The van der Waals surface area contributed by atoms with Crippen LogP contribution in [0, 0.1) is 5.92 Å². The Bertz CT molecular complexity index is 589. The zero-order chi connectivity index (χ0) is 17.7. The van der Waals surface area contributed by atoms with E-state index in [0.29, 0.717) is 31.6 Å². The number of piperidine rings is 1. The lowest BCUT2D eigenvalue weighted by atomic mass is 9.97. The number of rotatable bonds is 4. The molecule has 1 aromatic carbocycles. The van der Waals surface area contributed by atoms with Crippen LogP contribution in [-0.2, 0) is 9.53 Å². The minimum Gasteiger partial charge on any atom is -0.466 e. The monoisotopic (exact) mass is 361 g/mol. The molecule has 1 fully saturated rings. The predicted molar refractivity (Wildman–Crippen MR) is 83.6 cm³/mol. The quantitative estimate of drug-likeness (QED) is 0.606. The zero-order valence-corrected chi connectivity index (χ0v) is 14.0. The van der Waals surface area contributed by atoms with Gasteiger partial charge in [0.25, 0.3) is 5.91 Å². The van der Waals surface area contributed by atoms with Gasteiger partial charge < -0.3 is 9.64 Å². The highest BCUT2D eigenvalue weighted by Crippen LogP contribution is 2.36. The molecule has 0 aliphatic carbocycles. The number of carbonyl (C=O) groups excluding carboxylic acids is 2. The Labute approximate surface area is 142 Å². The number of benzene rings is 1. The highest BCUT2D eigenvalue weighted by Gasteiger charge is 2.31. The van der Waals surface area contributed by atoms with Crippen molar-refractivity contribution in [3.63, 3.8) is 0 Å². The number of amides is 1. The van der Waals surface area contributed by atoms with E-state index in [1.807, 2.05) is 0 Å². The molecular weight excluding hydrogens is 343 g/mol. The molecule has 1 unspecified atom stereocenters. The first kappa shape index (κ1) is 18.6. The third-order valence-electron chi connectivity index (χ3n) is 3.66. The van der Waals surface area contributed by atoms with Gasteiger partial charge in [-0.25, -0.2) is 0 Å². The summed E-state index contributed by atoms with van der Waals surface area (Å²) in [6.07, 6.45) is 1.36. The van der Waals surface area contributed by atoms with Gasteiger partial charge in [-0.3, -0.25) is 9.59 Å². The number of halogens is 3. The van der Waals surface area contributed by atoms with Gasteiger partial charge in [0.05, 0.1) is 12.5 Å². The molecule has 1 saturated heterocycles. The van der Waals surface area contributed by atoms with E-state index < -0.39 is 5.51 Å². The van der Waals surface area contributed by atoms with Gasteiger partial charge in [0.15, 0.2) is 0 Å². The van der Waals surface area contributed by atoms with Gasteiger partial charge in [-0.2, -0.15) is 13.2 Å². The van der Waals surface area contributed by atoms with Crippen molar-refractivity contribution in [3.05, 3.63) is 29.8 Å². The van der Waals surface area contributed by atoms with Crippen LogP contribution >= 0.6 is 11.8 Å². The standard InChI is InChI=1S/C16H18F3NO3S/c1-2-23-15(22)12-4-3-9-20(10-12)14(21)11-5-7-13(8-6-11)24-16(17,18)19/h5-8,12H,2-4,9-10H2,1H3. The molecule has 8 heteroatoms. The van der Waals surface area contributed by atoms with Gasteiger partial charge in [-0.1, -0.05) is 0 Å². The van der Waals surface area contributed by atoms with Gasteiger partial charge in [0, 0.05) is 23.5 Å². The van der Waals surface area contributed by atoms with Crippen LogP contribution in [0.2, 0.25) is 0 Å². The van der Waals surface area contributed by atoms with Crippen molar-refractivity contribution in [2.24, 2.45) is 5.92 Å². The van der Waals surface area contributed by atoms with Crippen molar-refractivity contribution in [2.75, 3.05) is 19.7 Å². The van der Waals surface area contributed by atoms with Crippen molar-refractivity contribution < 1.29 is 27.5 Å². The number of esters is 1. The Hall–Kier alpha value is -1.70. The summed E-state index contributed by atoms with van der Waals surface area (Å²) in [5.74, 6) is -0.942. The highest BCUT2D eigenvalue weighted by atomic mass is 32.2. The molecule has 4 nitrogen and oxygen atoms in total. The van der Waals surface area contributed by atoms with Crippen LogP contribution in [0.15, 0.2) is 29.2 Å². The number of likely N-dealkylation sites (tertiary alicyclic amines) is 1. The first-order chi connectivity index (χ1) is 11.3. The van der Waals surface area contributed by atoms with Crippen LogP contribution in [-0.4, -0.2) is 42.0 Å². The van der Waals surface area contributed by atoms with Crippen molar-refractivity contribution in [1.82, 2.24) is 4.90 Å². The summed E-state index contributed by atoms with van der Waals surface area (Å²) < 4.78 is 41.9. The molecule has 1 aliphatic rings. The fourth-order valence-corrected chi connectivity index (χ4v) is 3.14. The third kappa shape index (κ3) is 5.15. The molecular formula is C16H18F3NO3S. The molecule has 0 bridgehead atoms. The number of carbonyl (C=O) groups is 2. The SMILES string of the molecule is CCOC(=O)C1CCCN(C(=O)c2ccc(SC(F)(F)F)cc2)C1. The van der Waals surface area contributed by atoms with Crippen molar-refractivity contribution in [2.45, 2.75) is 30.2 Å². The normalized spacial score (nSPS) is 18.3. The molecule has 1 aromatic rings. The second-order valence-corrected chi connectivity index (χ2v) is 6.55. The molecule has 1 amide bonds. The molecule has 24 heavy (non-hydrogen) atoms. The molecule has 0 saturated carbocycles. The molecule has 1 aliphatic heterocycles. The van der Waals surface area contributed by atoms with E-state index in [9.17, 15) is 22.8 Å². The minimum atomic E-state index is -4.36. The summed E-state index contributed by atoms with van der Waals surface area (Å²) in [5, 5.41) is 0. The fourth-order valence-electron chi connectivity index (χ4n) is 2.60. The fraction of sp³-hybridized carbons (Fsp3) is 0.500. The molecule has 132 valence electrons. The molecule has 0 N–H and O–H groups in total. The number of hydrogen-bond donors (Lipinski definition) is 0. The first-order valence-corrected chi connectivity index (χ1v) is 8.43. The van der Waals surface area contributed by atoms with Crippen LogP contribution in [0.4, 0.5) is 13.2 Å². The number of hydrogen-bond acceptors (Lipinski definition) is 4. The summed E-state index contributed by atoms with van der Waals surface area (Å²) in [6.45, 7) is 2.82. The average Bonchev–Trinajstić information content (AvgIpc) is 2.54. The van der Waals surface area contributed by atoms with E-state index in [0.717, 1.165) is 0 Å². The number of alkyl halides is 3. The average molecular weight is 361 g/mol. The van der Waals surface area contributed by atoms with E-state index >= 15 is 0 Å². The lowest BCUT2D eigenvalue weighted by Crippen LogP contribution is -2.42. The second-order valence-electron chi connectivity index (χ2n) is 5.41. The van der Waals surface area contributed by atoms with Gasteiger partial charge in [0.1, 0.15) is 0 Å². The van der Waals surface area contributed by atoms with Crippen LogP contribution < -0.4 is 0 Å². The third-order valence-corrected chi connectivity index (χ3v) is 4.40.